The van der Waals surface area contributed by atoms with E-state index in [2.05, 4.69) is 29.3 Å². The van der Waals surface area contributed by atoms with Crippen LogP contribution in [-0.4, -0.2) is 23.1 Å². The Morgan fingerprint density at radius 1 is 1.36 bits per heavy atom. The van der Waals surface area contributed by atoms with Gasteiger partial charge in [0.25, 0.3) is 0 Å². The van der Waals surface area contributed by atoms with Gasteiger partial charge in [-0.1, -0.05) is 24.2 Å². The van der Waals surface area contributed by atoms with E-state index < -0.39 is 0 Å². The Hall–Kier alpha value is -1.39. The van der Waals surface area contributed by atoms with Crippen LogP contribution < -0.4 is 0 Å². The summed E-state index contributed by atoms with van der Waals surface area (Å²) in [6.07, 6.45) is 1.70. The van der Waals surface area contributed by atoms with Crippen molar-refractivity contribution in [2.45, 2.75) is 26.7 Å². The van der Waals surface area contributed by atoms with Crippen molar-refractivity contribution in [2.24, 2.45) is 10.6 Å². The lowest BCUT2D eigenvalue weighted by Crippen LogP contribution is -2.27. The molecule has 1 aromatic rings. The number of aromatic nitrogens is 2. The summed E-state index contributed by atoms with van der Waals surface area (Å²) in [5.74, 6) is 0. The van der Waals surface area contributed by atoms with Crippen LogP contribution in [-0.2, 0) is 11.3 Å². The summed E-state index contributed by atoms with van der Waals surface area (Å²) in [5.41, 5.74) is 2.58. The summed E-state index contributed by atoms with van der Waals surface area (Å²) in [4.78, 5) is 4.78. The summed E-state index contributed by atoms with van der Waals surface area (Å²) in [7, 11) is 1.53. The van der Waals surface area contributed by atoms with E-state index in [1.54, 1.807) is 0 Å². The molecule has 1 aliphatic rings. The lowest BCUT2D eigenvalue weighted by Gasteiger charge is -2.27. The zero-order valence-corrected chi connectivity index (χ0v) is 8.57. The quantitative estimate of drug-likeness (QED) is 0.635. The van der Waals surface area contributed by atoms with Gasteiger partial charge >= 0.3 is 0 Å². The molecule has 0 bridgehead atoms. The summed E-state index contributed by atoms with van der Waals surface area (Å²) in [6, 6.07) is 0. The van der Waals surface area contributed by atoms with Crippen LogP contribution in [0.2, 0.25) is 0 Å². The van der Waals surface area contributed by atoms with E-state index in [1.165, 1.54) is 7.11 Å². The topological polar surface area (TPSA) is 60.5 Å². The molecule has 5 heteroatoms. The van der Waals surface area contributed by atoms with Gasteiger partial charge in [0.2, 0.25) is 0 Å². The highest BCUT2D eigenvalue weighted by Crippen LogP contribution is 2.33. The van der Waals surface area contributed by atoms with Crippen LogP contribution in [0.1, 0.15) is 31.7 Å². The van der Waals surface area contributed by atoms with E-state index in [0.717, 1.165) is 29.9 Å². The molecule has 0 radical (unpaired) electrons. The van der Waals surface area contributed by atoms with E-state index in [9.17, 15) is 0 Å². The molecule has 0 unspecified atom stereocenters. The molecule has 0 atom stereocenters. The fraction of sp³-hybridized carbons (Fsp3) is 0.667. The number of hydrogen-bond acceptors (Lipinski definition) is 5. The molecule has 0 amide bonds. The van der Waals surface area contributed by atoms with E-state index in [0.29, 0.717) is 0 Å². The molecular weight excluding hydrogens is 182 g/mol. The highest BCUT2D eigenvalue weighted by atomic mass is 16.6. The van der Waals surface area contributed by atoms with Crippen molar-refractivity contribution in [1.29, 1.82) is 0 Å². The van der Waals surface area contributed by atoms with Gasteiger partial charge in [-0.25, -0.2) is 4.63 Å². The summed E-state index contributed by atoms with van der Waals surface area (Å²) >= 11 is 0. The second kappa shape index (κ2) is 3.08. The van der Waals surface area contributed by atoms with Crippen LogP contribution in [0.5, 0.6) is 0 Å². The SMILES string of the molecule is CON=C1CC(C)(C)Cc2nonc21. The summed E-state index contributed by atoms with van der Waals surface area (Å²) < 4.78 is 4.70. The largest absolute Gasteiger partial charge is 0.399 e. The molecule has 1 aromatic heterocycles. The number of rotatable bonds is 1. The Kier molecular flexibility index (Phi) is 2.02. The first-order chi connectivity index (χ1) is 6.62. The Balaban J connectivity index is 2.43. The van der Waals surface area contributed by atoms with Crippen LogP contribution >= 0.6 is 0 Å². The second-order valence-corrected chi connectivity index (χ2v) is 4.30. The molecule has 2 rings (SSSR count). The zero-order valence-electron chi connectivity index (χ0n) is 8.57. The van der Waals surface area contributed by atoms with Crippen molar-refractivity contribution in [3.63, 3.8) is 0 Å². The molecule has 76 valence electrons. The van der Waals surface area contributed by atoms with Gasteiger partial charge in [0.05, 0.1) is 0 Å². The van der Waals surface area contributed by atoms with Crippen molar-refractivity contribution in [3.8, 4) is 0 Å². The standard InChI is InChI=1S/C9H13N3O2/c1-9(2)4-6(10-13-3)8-7(5-9)11-14-12-8/h4-5H2,1-3H3. The van der Waals surface area contributed by atoms with Gasteiger partial charge in [-0.2, -0.15) is 0 Å². The monoisotopic (exact) mass is 195 g/mol. The number of oxime groups is 1. The molecule has 0 aliphatic heterocycles. The lowest BCUT2D eigenvalue weighted by molar-refractivity contribution is 0.209. The fourth-order valence-electron chi connectivity index (χ4n) is 1.78. The Morgan fingerprint density at radius 3 is 2.86 bits per heavy atom. The second-order valence-electron chi connectivity index (χ2n) is 4.30. The highest BCUT2D eigenvalue weighted by molar-refractivity contribution is 6.00. The van der Waals surface area contributed by atoms with Crippen LogP contribution in [0.15, 0.2) is 9.78 Å². The van der Waals surface area contributed by atoms with Crippen LogP contribution in [0.25, 0.3) is 0 Å². The van der Waals surface area contributed by atoms with E-state index in [-0.39, 0.29) is 5.41 Å². The fourth-order valence-corrected chi connectivity index (χ4v) is 1.78. The van der Waals surface area contributed by atoms with Crippen molar-refractivity contribution >= 4 is 5.71 Å². The molecule has 0 aromatic carbocycles. The Bertz CT molecular complexity index is 368. The average Bonchev–Trinajstić information content (AvgIpc) is 2.50. The Labute approximate surface area is 82.1 Å². The first-order valence-corrected chi connectivity index (χ1v) is 4.54. The summed E-state index contributed by atoms with van der Waals surface area (Å²) in [5, 5.41) is 11.6. The lowest BCUT2D eigenvalue weighted by atomic mass is 9.77. The molecule has 0 saturated heterocycles. The first-order valence-electron chi connectivity index (χ1n) is 4.54. The molecular formula is C9H13N3O2. The maximum atomic E-state index is 4.78. The summed E-state index contributed by atoms with van der Waals surface area (Å²) in [6.45, 7) is 4.32. The minimum absolute atomic E-state index is 0.142. The molecule has 0 fully saturated rings. The van der Waals surface area contributed by atoms with Crippen LogP contribution in [0.4, 0.5) is 0 Å². The smallest absolute Gasteiger partial charge is 0.155 e. The maximum absolute atomic E-state index is 4.78. The van der Waals surface area contributed by atoms with Gasteiger partial charge in [-0.15, -0.1) is 0 Å². The predicted molar refractivity (Wildman–Crippen MR) is 49.9 cm³/mol. The Morgan fingerprint density at radius 2 is 2.14 bits per heavy atom. The molecule has 1 heterocycles. The number of nitrogens with zero attached hydrogens (tertiary/aromatic N) is 3. The van der Waals surface area contributed by atoms with Gasteiger partial charge < -0.3 is 4.84 Å². The van der Waals surface area contributed by atoms with Gasteiger partial charge in [0, 0.05) is 12.8 Å². The van der Waals surface area contributed by atoms with E-state index in [4.69, 9.17) is 9.47 Å². The van der Waals surface area contributed by atoms with Crippen molar-refractivity contribution in [1.82, 2.24) is 10.3 Å². The normalized spacial score (nSPS) is 22.1. The molecule has 14 heavy (non-hydrogen) atoms. The average molecular weight is 195 g/mol. The van der Waals surface area contributed by atoms with Crippen molar-refractivity contribution in [2.75, 3.05) is 7.11 Å². The third-order valence-electron chi connectivity index (χ3n) is 2.32. The minimum atomic E-state index is 0.142. The van der Waals surface area contributed by atoms with Gasteiger partial charge in [-0.05, 0) is 10.6 Å². The van der Waals surface area contributed by atoms with Crippen LogP contribution in [0.3, 0.4) is 0 Å². The third kappa shape index (κ3) is 1.49. The number of fused-ring (bicyclic) bond motifs is 1. The maximum Gasteiger partial charge on any atom is 0.155 e. The minimum Gasteiger partial charge on any atom is -0.399 e. The first kappa shape index (κ1) is 9.18. The van der Waals surface area contributed by atoms with Crippen LogP contribution in [0, 0.1) is 5.41 Å². The van der Waals surface area contributed by atoms with Gasteiger partial charge in [0.15, 0.2) is 5.69 Å². The molecule has 0 saturated carbocycles. The highest BCUT2D eigenvalue weighted by Gasteiger charge is 2.33. The van der Waals surface area contributed by atoms with E-state index >= 15 is 0 Å². The predicted octanol–water partition coefficient (Wildman–Crippen LogP) is 1.39. The van der Waals surface area contributed by atoms with Crippen molar-refractivity contribution < 1.29 is 9.47 Å². The number of hydrogen-bond donors (Lipinski definition) is 0. The third-order valence-corrected chi connectivity index (χ3v) is 2.32. The molecule has 0 spiro atoms. The molecule has 1 aliphatic carbocycles. The van der Waals surface area contributed by atoms with Gasteiger partial charge in [0.1, 0.15) is 18.5 Å². The molecule has 5 nitrogen and oxygen atoms in total. The van der Waals surface area contributed by atoms with Crippen molar-refractivity contribution in [3.05, 3.63) is 11.4 Å². The van der Waals surface area contributed by atoms with Gasteiger partial charge in [-0.3, -0.25) is 0 Å². The van der Waals surface area contributed by atoms with E-state index in [1.807, 2.05) is 0 Å². The molecule has 0 N–H and O–H groups in total. The zero-order chi connectivity index (χ0) is 10.2.